The van der Waals surface area contributed by atoms with Gasteiger partial charge in [-0.1, -0.05) is 17.7 Å². The van der Waals surface area contributed by atoms with Crippen molar-refractivity contribution >= 4 is 17.3 Å². The number of benzene rings is 1. The van der Waals surface area contributed by atoms with Crippen LogP contribution in [0.3, 0.4) is 0 Å². The van der Waals surface area contributed by atoms with E-state index in [4.69, 9.17) is 22.1 Å². The molecule has 0 aliphatic heterocycles. The summed E-state index contributed by atoms with van der Waals surface area (Å²) in [4.78, 5) is 3.23. The van der Waals surface area contributed by atoms with Crippen LogP contribution in [0, 0.1) is 6.92 Å². The highest BCUT2D eigenvalue weighted by Crippen LogP contribution is 2.36. The summed E-state index contributed by atoms with van der Waals surface area (Å²) < 4.78 is 43.2. The van der Waals surface area contributed by atoms with Crippen LogP contribution >= 0.6 is 11.6 Å². The molecule has 0 unspecified atom stereocenters. The SMILES string of the molecule is Cc1ccc(Cl)c(Oc2cc(C(F)(F)F)ncc2N)c1. The Morgan fingerprint density at radius 1 is 1.20 bits per heavy atom. The second-order valence-corrected chi connectivity index (χ2v) is 4.55. The summed E-state index contributed by atoms with van der Waals surface area (Å²) >= 11 is 5.92. The molecule has 106 valence electrons. The van der Waals surface area contributed by atoms with E-state index in [-0.39, 0.29) is 22.2 Å². The van der Waals surface area contributed by atoms with Gasteiger partial charge in [0.25, 0.3) is 0 Å². The average Bonchev–Trinajstić information content (AvgIpc) is 2.35. The zero-order valence-electron chi connectivity index (χ0n) is 10.3. The molecule has 0 aliphatic carbocycles. The first kappa shape index (κ1) is 14.5. The molecule has 3 nitrogen and oxygen atoms in total. The van der Waals surface area contributed by atoms with E-state index < -0.39 is 11.9 Å². The second kappa shape index (κ2) is 5.20. The van der Waals surface area contributed by atoms with Crippen LogP contribution in [0.1, 0.15) is 11.3 Å². The van der Waals surface area contributed by atoms with Crippen molar-refractivity contribution < 1.29 is 17.9 Å². The number of nitrogens with zero attached hydrogens (tertiary/aromatic N) is 1. The predicted octanol–water partition coefficient (Wildman–Crippen LogP) is 4.44. The number of ether oxygens (including phenoxy) is 1. The maximum absolute atomic E-state index is 12.6. The van der Waals surface area contributed by atoms with Crippen molar-refractivity contribution in [2.75, 3.05) is 5.73 Å². The van der Waals surface area contributed by atoms with E-state index in [0.717, 1.165) is 17.8 Å². The Morgan fingerprint density at radius 2 is 1.90 bits per heavy atom. The third-order valence-corrected chi connectivity index (χ3v) is 2.80. The monoisotopic (exact) mass is 302 g/mol. The fourth-order valence-electron chi connectivity index (χ4n) is 1.50. The van der Waals surface area contributed by atoms with Crippen LogP contribution in [0.25, 0.3) is 0 Å². The van der Waals surface area contributed by atoms with Crippen LogP contribution in [0.5, 0.6) is 11.5 Å². The highest BCUT2D eigenvalue weighted by molar-refractivity contribution is 6.32. The van der Waals surface area contributed by atoms with Gasteiger partial charge in [0, 0.05) is 6.07 Å². The third-order valence-electron chi connectivity index (χ3n) is 2.49. The lowest BCUT2D eigenvalue weighted by Crippen LogP contribution is -2.08. The molecule has 7 heteroatoms. The van der Waals surface area contributed by atoms with Crippen molar-refractivity contribution in [1.82, 2.24) is 4.98 Å². The lowest BCUT2D eigenvalue weighted by molar-refractivity contribution is -0.141. The molecular weight excluding hydrogens is 293 g/mol. The van der Waals surface area contributed by atoms with Crippen LogP contribution in [0.2, 0.25) is 5.02 Å². The molecule has 0 atom stereocenters. The molecule has 20 heavy (non-hydrogen) atoms. The summed E-state index contributed by atoms with van der Waals surface area (Å²) in [5.74, 6) is 0.0949. The van der Waals surface area contributed by atoms with Crippen LogP contribution in [0.15, 0.2) is 30.5 Å². The normalized spacial score (nSPS) is 11.4. The molecule has 0 radical (unpaired) electrons. The Kier molecular flexibility index (Phi) is 3.76. The smallest absolute Gasteiger partial charge is 0.433 e. The number of nitrogens with two attached hydrogens (primary N) is 1. The van der Waals surface area contributed by atoms with Gasteiger partial charge in [0.1, 0.15) is 11.4 Å². The van der Waals surface area contributed by atoms with Gasteiger partial charge >= 0.3 is 6.18 Å². The number of pyridine rings is 1. The fraction of sp³-hybridized carbons (Fsp3) is 0.154. The minimum atomic E-state index is -4.57. The molecular formula is C13H10ClF3N2O. The van der Waals surface area contributed by atoms with Crippen molar-refractivity contribution in [3.8, 4) is 11.5 Å². The van der Waals surface area contributed by atoms with E-state index in [1.165, 1.54) is 0 Å². The molecule has 0 saturated heterocycles. The number of aryl methyl sites for hydroxylation is 1. The molecule has 0 aliphatic rings. The van der Waals surface area contributed by atoms with Crippen molar-refractivity contribution in [3.05, 3.63) is 46.7 Å². The van der Waals surface area contributed by atoms with Crippen LogP contribution in [-0.4, -0.2) is 4.98 Å². The van der Waals surface area contributed by atoms with E-state index in [9.17, 15) is 13.2 Å². The van der Waals surface area contributed by atoms with Gasteiger partial charge in [0.15, 0.2) is 5.75 Å². The molecule has 2 rings (SSSR count). The van der Waals surface area contributed by atoms with Gasteiger partial charge in [-0.25, -0.2) is 4.98 Å². The number of anilines is 1. The van der Waals surface area contributed by atoms with Crippen LogP contribution < -0.4 is 10.5 Å². The number of nitrogen functional groups attached to an aromatic ring is 1. The first-order chi connectivity index (χ1) is 9.27. The Labute approximate surface area is 118 Å². The quantitative estimate of drug-likeness (QED) is 0.892. The van der Waals surface area contributed by atoms with Gasteiger partial charge in [-0.15, -0.1) is 0 Å². The Bertz CT molecular complexity index is 644. The molecule has 1 aromatic carbocycles. The number of hydrogen-bond donors (Lipinski definition) is 1. The number of alkyl halides is 3. The predicted molar refractivity (Wildman–Crippen MR) is 69.9 cm³/mol. The number of hydrogen-bond acceptors (Lipinski definition) is 3. The molecule has 0 fully saturated rings. The van der Waals surface area contributed by atoms with Crippen molar-refractivity contribution in [3.63, 3.8) is 0 Å². The van der Waals surface area contributed by atoms with Crippen molar-refractivity contribution in [2.24, 2.45) is 0 Å². The molecule has 0 amide bonds. The highest BCUT2D eigenvalue weighted by Gasteiger charge is 2.33. The van der Waals surface area contributed by atoms with Gasteiger partial charge < -0.3 is 10.5 Å². The maximum Gasteiger partial charge on any atom is 0.433 e. The molecule has 2 aromatic rings. The minimum Gasteiger partial charge on any atom is -0.453 e. The summed E-state index contributed by atoms with van der Waals surface area (Å²) in [6.45, 7) is 1.81. The zero-order chi connectivity index (χ0) is 14.9. The topological polar surface area (TPSA) is 48.1 Å². The van der Waals surface area contributed by atoms with E-state index in [0.29, 0.717) is 0 Å². The lowest BCUT2D eigenvalue weighted by Gasteiger charge is -2.12. The largest absolute Gasteiger partial charge is 0.453 e. The van der Waals surface area contributed by atoms with Gasteiger partial charge in [-0.3, -0.25) is 0 Å². The Morgan fingerprint density at radius 3 is 2.55 bits per heavy atom. The molecule has 0 saturated carbocycles. The van der Waals surface area contributed by atoms with E-state index in [1.54, 1.807) is 25.1 Å². The zero-order valence-corrected chi connectivity index (χ0v) is 11.1. The molecule has 1 heterocycles. The van der Waals surface area contributed by atoms with Crippen LogP contribution in [0.4, 0.5) is 18.9 Å². The second-order valence-electron chi connectivity index (χ2n) is 4.14. The summed E-state index contributed by atoms with van der Waals surface area (Å²) in [7, 11) is 0. The highest BCUT2D eigenvalue weighted by atomic mass is 35.5. The molecule has 0 bridgehead atoms. The summed E-state index contributed by atoms with van der Waals surface area (Å²) in [6, 6.07) is 5.70. The van der Waals surface area contributed by atoms with Gasteiger partial charge in [-0.2, -0.15) is 13.2 Å². The third kappa shape index (κ3) is 3.14. The minimum absolute atomic E-state index is 0.00410. The van der Waals surface area contributed by atoms with Crippen LogP contribution in [-0.2, 0) is 6.18 Å². The van der Waals surface area contributed by atoms with E-state index in [1.807, 2.05) is 0 Å². The van der Waals surface area contributed by atoms with Gasteiger partial charge in [0.2, 0.25) is 0 Å². The fourth-order valence-corrected chi connectivity index (χ4v) is 1.65. The standard InChI is InChI=1S/C13H10ClF3N2O/c1-7-2-3-8(14)10(4-7)20-11-5-12(13(15,16)17)19-6-9(11)18/h2-6H,18H2,1H3. The lowest BCUT2D eigenvalue weighted by atomic mass is 10.2. The number of rotatable bonds is 2. The molecule has 0 spiro atoms. The van der Waals surface area contributed by atoms with Gasteiger partial charge in [-0.05, 0) is 24.6 Å². The number of halogens is 4. The van der Waals surface area contributed by atoms with E-state index >= 15 is 0 Å². The van der Waals surface area contributed by atoms with E-state index in [2.05, 4.69) is 4.98 Å². The Balaban J connectivity index is 2.40. The first-order valence-electron chi connectivity index (χ1n) is 5.54. The summed E-state index contributed by atoms with van der Waals surface area (Å²) in [5.41, 5.74) is 5.34. The summed E-state index contributed by atoms with van der Waals surface area (Å²) in [5, 5.41) is 0.278. The van der Waals surface area contributed by atoms with Crippen molar-refractivity contribution in [1.29, 1.82) is 0 Å². The van der Waals surface area contributed by atoms with Crippen molar-refractivity contribution in [2.45, 2.75) is 13.1 Å². The summed E-state index contributed by atoms with van der Waals surface area (Å²) in [6.07, 6.45) is -3.66. The Hall–Kier alpha value is -1.95. The first-order valence-corrected chi connectivity index (χ1v) is 5.92. The maximum atomic E-state index is 12.6. The molecule has 1 aromatic heterocycles. The number of aromatic nitrogens is 1. The van der Waals surface area contributed by atoms with Gasteiger partial charge in [0.05, 0.1) is 16.9 Å². The average molecular weight is 303 g/mol. The molecule has 2 N–H and O–H groups in total.